The largest absolute Gasteiger partial charge is 0.383 e. The molecule has 140 valence electrons. The van der Waals surface area contributed by atoms with Crippen molar-refractivity contribution in [1.29, 1.82) is 0 Å². The molecule has 1 aromatic rings. The van der Waals surface area contributed by atoms with E-state index in [1.54, 1.807) is 26.5 Å². The quantitative estimate of drug-likeness (QED) is 0.778. The Labute approximate surface area is 150 Å². The number of ether oxygens (including phenoxy) is 2. The minimum absolute atomic E-state index is 0.102. The molecule has 0 spiro atoms. The van der Waals surface area contributed by atoms with Gasteiger partial charge in [-0.25, -0.2) is 4.79 Å². The van der Waals surface area contributed by atoms with Gasteiger partial charge in [0.05, 0.1) is 11.9 Å². The lowest BCUT2D eigenvalue weighted by Crippen LogP contribution is -2.34. The van der Waals surface area contributed by atoms with Gasteiger partial charge in [-0.15, -0.1) is 11.8 Å². The molecule has 0 aromatic carbocycles. The van der Waals surface area contributed by atoms with Crippen LogP contribution >= 0.6 is 19.1 Å². The molecule has 0 saturated carbocycles. The van der Waals surface area contributed by atoms with E-state index in [9.17, 15) is 9.36 Å². The molecule has 0 aliphatic carbocycles. The molecule has 0 radical (unpaired) electrons. The number of anilines is 1. The Kier molecular flexibility index (Phi) is 4.83. The number of hydrogen-bond acceptors (Lipinski definition) is 8. The Morgan fingerprint density at radius 3 is 2.68 bits per heavy atom. The highest BCUT2D eigenvalue weighted by Crippen LogP contribution is 2.51. The van der Waals surface area contributed by atoms with Gasteiger partial charge in [0, 0.05) is 25.1 Å². The maximum absolute atomic E-state index is 12.3. The fourth-order valence-electron chi connectivity index (χ4n) is 3.03. The summed E-state index contributed by atoms with van der Waals surface area (Å²) in [5, 5.41) is -0.414. The van der Waals surface area contributed by atoms with E-state index >= 15 is 0 Å². The van der Waals surface area contributed by atoms with Crippen molar-refractivity contribution in [3.05, 3.63) is 22.2 Å². The zero-order chi connectivity index (χ0) is 18.6. The van der Waals surface area contributed by atoms with Crippen LogP contribution in [0.1, 0.15) is 24.8 Å². The summed E-state index contributed by atoms with van der Waals surface area (Å²) in [6.07, 6.45) is 1.10. The minimum Gasteiger partial charge on any atom is -0.383 e. The predicted octanol–water partition coefficient (Wildman–Crippen LogP) is 1.82. The van der Waals surface area contributed by atoms with Crippen LogP contribution < -0.4 is 11.4 Å². The first-order valence-electron chi connectivity index (χ1n) is 8.03. The molecular formula is C15H24N3O5PS. The predicted molar refractivity (Wildman–Crippen MR) is 97.3 cm³/mol. The Morgan fingerprint density at radius 2 is 2.04 bits per heavy atom. The van der Waals surface area contributed by atoms with Gasteiger partial charge >= 0.3 is 5.69 Å². The van der Waals surface area contributed by atoms with E-state index in [1.807, 2.05) is 13.8 Å². The van der Waals surface area contributed by atoms with Gasteiger partial charge in [0.2, 0.25) is 0 Å². The van der Waals surface area contributed by atoms with Gasteiger partial charge in [-0.3, -0.25) is 9.13 Å². The van der Waals surface area contributed by atoms with Crippen molar-refractivity contribution in [2.24, 2.45) is 0 Å². The van der Waals surface area contributed by atoms with Crippen LogP contribution in [0.25, 0.3) is 0 Å². The third-order valence-corrected chi connectivity index (χ3v) is 6.42. The number of nitrogens with two attached hydrogens (primary N) is 1. The molecule has 0 amide bonds. The number of aromatic nitrogens is 2. The zero-order valence-corrected chi connectivity index (χ0v) is 16.7. The van der Waals surface area contributed by atoms with E-state index in [2.05, 4.69) is 4.98 Å². The highest BCUT2D eigenvalue weighted by molar-refractivity contribution is 8.00. The van der Waals surface area contributed by atoms with Gasteiger partial charge in [-0.05, 0) is 20.8 Å². The van der Waals surface area contributed by atoms with Crippen LogP contribution in [-0.4, -0.2) is 52.7 Å². The second-order valence-electron chi connectivity index (χ2n) is 7.18. The first kappa shape index (κ1) is 18.9. The molecule has 1 aromatic heterocycles. The fraction of sp³-hybridized carbons (Fsp3) is 0.733. The molecule has 0 bridgehead atoms. The Morgan fingerprint density at radius 1 is 1.40 bits per heavy atom. The number of aryl methyl sites for hydroxylation is 1. The number of thioether (sulfide) groups is 1. The van der Waals surface area contributed by atoms with Crippen molar-refractivity contribution in [2.75, 3.05) is 25.7 Å². The maximum atomic E-state index is 12.3. The smallest absolute Gasteiger partial charge is 0.350 e. The summed E-state index contributed by atoms with van der Waals surface area (Å²) >= 11 is 1.51. The van der Waals surface area contributed by atoms with Gasteiger partial charge < -0.3 is 19.7 Å². The van der Waals surface area contributed by atoms with Crippen molar-refractivity contribution in [1.82, 2.24) is 9.55 Å². The molecule has 2 saturated heterocycles. The van der Waals surface area contributed by atoms with Crippen molar-refractivity contribution >= 4 is 24.9 Å². The number of nitrogens with zero attached hydrogens (tertiary/aromatic N) is 2. The molecule has 2 fully saturated rings. The fourth-order valence-corrected chi connectivity index (χ4v) is 5.17. The first-order chi connectivity index (χ1) is 11.5. The first-order valence-corrected chi connectivity index (χ1v) is 11.5. The van der Waals surface area contributed by atoms with Gasteiger partial charge in [-0.1, -0.05) is 0 Å². The summed E-state index contributed by atoms with van der Waals surface area (Å²) in [7, 11) is -2.61. The minimum atomic E-state index is -2.61. The molecule has 8 nitrogen and oxygen atoms in total. The van der Waals surface area contributed by atoms with Crippen LogP contribution in [-0.2, 0) is 18.6 Å². The lowest BCUT2D eigenvalue weighted by molar-refractivity contribution is -0.149. The highest BCUT2D eigenvalue weighted by Gasteiger charge is 2.55. The average molecular weight is 389 g/mol. The molecular weight excluding hydrogens is 365 g/mol. The number of rotatable bonds is 4. The molecule has 0 unspecified atom stereocenters. The molecule has 3 heterocycles. The molecule has 2 N–H and O–H groups in total. The van der Waals surface area contributed by atoms with Crippen molar-refractivity contribution in [2.45, 2.75) is 49.4 Å². The van der Waals surface area contributed by atoms with E-state index < -0.39 is 18.8 Å². The third-order valence-electron chi connectivity index (χ3n) is 4.12. The summed E-state index contributed by atoms with van der Waals surface area (Å²) in [5.41, 5.74) is 6.02. The topological polar surface area (TPSA) is 106 Å². The Hall–Kier alpha value is -0.860. The SMILES string of the molecule is Cc1cn([C@@H]2S[C@H](COP(C)(C)=O)[C@H]3OC(C)(C)O[C@H]32)c(=O)nc1N. The van der Waals surface area contributed by atoms with Gasteiger partial charge in [0.25, 0.3) is 0 Å². The molecule has 2 aliphatic rings. The summed E-state index contributed by atoms with van der Waals surface area (Å²) < 4.78 is 31.0. The van der Waals surface area contributed by atoms with E-state index in [4.69, 9.17) is 19.7 Å². The maximum Gasteiger partial charge on any atom is 0.350 e. The van der Waals surface area contributed by atoms with Crippen LogP contribution in [0, 0.1) is 6.92 Å². The van der Waals surface area contributed by atoms with Gasteiger partial charge in [-0.2, -0.15) is 4.98 Å². The number of fused-ring (bicyclic) bond motifs is 1. The van der Waals surface area contributed by atoms with E-state index in [0.717, 1.165) is 5.56 Å². The number of nitrogen functional groups attached to an aromatic ring is 1. The lowest BCUT2D eigenvalue weighted by atomic mass is 10.1. The summed E-state index contributed by atoms with van der Waals surface area (Å²) in [6.45, 7) is 8.90. The van der Waals surface area contributed by atoms with Crippen LogP contribution in [0.2, 0.25) is 0 Å². The monoisotopic (exact) mass is 389 g/mol. The van der Waals surface area contributed by atoms with Gasteiger partial charge in [0.15, 0.2) is 13.2 Å². The average Bonchev–Trinajstić information content (AvgIpc) is 2.93. The van der Waals surface area contributed by atoms with Crippen LogP contribution in [0.5, 0.6) is 0 Å². The van der Waals surface area contributed by atoms with E-state index in [0.29, 0.717) is 0 Å². The highest BCUT2D eigenvalue weighted by atomic mass is 32.2. The molecule has 2 aliphatic heterocycles. The second-order valence-corrected chi connectivity index (χ2v) is 11.3. The van der Waals surface area contributed by atoms with Crippen molar-refractivity contribution in [3.63, 3.8) is 0 Å². The molecule has 3 rings (SSSR count). The lowest BCUT2D eigenvalue weighted by Gasteiger charge is -2.24. The van der Waals surface area contributed by atoms with Crippen molar-refractivity contribution < 1.29 is 18.6 Å². The van der Waals surface area contributed by atoms with E-state index in [-0.39, 0.29) is 35.3 Å². The second kappa shape index (κ2) is 6.39. The summed E-state index contributed by atoms with van der Waals surface area (Å²) in [4.78, 5) is 16.2. The number of hydrogen-bond donors (Lipinski definition) is 1. The summed E-state index contributed by atoms with van der Waals surface area (Å²) in [5.74, 6) is -0.531. The molecule has 25 heavy (non-hydrogen) atoms. The molecule has 10 heteroatoms. The van der Waals surface area contributed by atoms with Gasteiger partial charge in [0.1, 0.15) is 23.4 Å². The normalized spacial score (nSPS) is 31.2. The van der Waals surface area contributed by atoms with Crippen LogP contribution in [0.15, 0.2) is 11.0 Å². The standard InChI is InChI=1S/C15H24N3O5PS/c1-8-6-18(14(19)17-12(8)16)13-11-10(22-15(2,3)23-11)9(25-13)7-21-24(4,5)20/h6,9-11,13H,7H2,1-5H3,(H2,16,17,19)/t9-,10-,11-,13-/m1/s1. The third kappa shape index (κ3) is 3.95. The zero-order valence-electron chi connectivity index (χ0n) is 15.0. The van der Waals surface area contributed by atoms with E-state index in [1.165, 1.54) is 16.3 Å². The van der Waals surface area contributed by atoms with Crippen LogP contribution in [0.3, 0.4) is 0 Å². The summed E-state index contributed by atoms with van der Waals surface area (Å²) in [6, 6.07) is 0. The Bertz CT molecular complexity index is 777. The van der Waals surface area contributed by atoms with Crippen LogP contribution in [0.4, 0.5) is 5.82 Å². The Balaban J connectivity index is 1.91. The molecule has 4 atom stereocenters. The van der Waals surface area contributed by atoms with Crippen molar-refractivity contribution in [3.8, 4) is 0 Å².